The molecule has 4 aliphatic carbocycles. The summed E-state index contributed by atoms with van der Waals surface area (Å²) < 4.78 is 1.79. The number of nitriles is 1. The van der Waals surface area contributed by atoms with Crippen LogP contribution in [0.5, 0.6) is 0 Å². The molecule has 1 aliphatic heterocycles. The number of amides is 2. The molecule has 1 aromatic heterocycles. The second kappa shape index (κ2) is 7.33. The Morgan fingerprint density at radius 2 is 1.97 bits per heavy atom. The fourth-order valence-electron chi connectivity index (χ4n) is 7.69. The summed E-state index contributed by atoms with van der Waals surface area (Å²) in [5.41, 5.74) is 9.64. The molecule has 4 fully saturated rings. The van der Waals surface area contributed by atoms with Crippen LogP contribution in [0.2, 0.25) is 0 Å². The van der Waals surface area contributed by atoms with Gasteiger partial charge in [0.1, 0.15) is 5.82 Å². The first kappa shape index (κ1) is 21.2. The third kappa shape index (κ3) is 2.99. The van der Waals surface area contributed by atoms with Gasteiger partial charge in [-0.05, 0) is 87.0 Å². The molecule has 0 spiro atoms. The predicted molar refractivity (Wildman–Crippen MR) is 126 cm³/mol. The SMILES string of the molecule is Cc1c(C(=O)NC2C3CC4CC2CC(C(N)=O)(C4)C3)nn(C)c1N1CCc2cc(C#N)ccc21. The molecule has 8 nitrogen and oxygen atoms in total. The van der Waals surface area contributed by atoms with Crippen LogP contribution < -0.4 is 16.0 Å². The van der Waals surface area contributed by atoms with Gasteiger partial charge in [-0.15, -0.1) is 0 Å². The molecule has 0 saturated heterocycles. The number of nitrogens with one attached hydrogen (secondary N) is 1. The van der Waals surface area contributed by atoms with Crippen LogP contribution >= 0.6 is 0 Å². The molecular weight excluding hydrogens is 428 g/mol. The summed E-state index contributed by atoms with van der Waals surface area (Å²) in [6.45, 7) is 2.74. The third-order valence-corrected chi connectivity index (χ3v) is 8.92. The fraction of sp³-hybridized carbons (Fsp3) is 0.538. The van der Waals surface area contributed by atoms with Gasteiger partial charge in [0.15, 0.2) is 5.69 Å². The Morgan fingerprint density at radius 1 is 1.24 bits per heavy atom. The van der Waals surface area contributed by atoms with E-state index in [1.807, 2.05) is 32.2 Å². The highest BCUT2D eigenvalue weighted by molar-refractivity contribution is 5.96. The first-order valence-corrected chi connectivity index (χ1v) is 12.2. The van der Waals surface area contributed by atoms with Gasteiger partial charge in [0.05, 0.1) is 11.6 Å². The lowest BCUT2D eigenvalue weighted by Crippen LogP contribution is -2.62. The van der Waals surface area contributed by atoms with E-state index in [0.717, 1.165) is 67.7 Å². The van der Waals surface area contributed by atoms with Crippen LogP contribution in [0.25, 0.3) is 0 Å². The summed E-state index contributed by atoms with van der Waals surface area (Å²) >= 11 is 0. The Kier molecular flexibility index (Phi) is 4.57. The van der Waals surface area contributed by atoms with E-state index >= 15 is 0 Å². The summed E-state index contributed by atoms with van der Waals surface area (Å²) in [4.78, 5) is 27.9. The van der Waals surface area contributed by atoms with Gasteiger partial charge in [0.25, 0.3) is 5.91 Å². The van der Waals surface area contributed by atoms with Crippen LogP contribution in [0.3, 0.4) is 0 Å². The number of benzene rings is 1. The van der Waals surface area contributed by atoms with Gasteiger partial charge in [-0.3, -0.25) is 14.3 Å². The van der Waals surface area contributed by atoms with Crippen molar-refractivity contribution in [1.82, 2.24) is 15.1 Å². The van der Waals surface area contributed by atoms with E-state index in [1.54, 1.807) is 4.68 Å². The average molecular weight is 459 g/mol. The number of aromatic nitrogens is 2. The molecule has 5 aliphatic rings. The van der Waals surface area contributed by atoms with Crippen molar-refractivity contribution in [2.24, 2.45) is 36.0 Å². The number of hydrogen-bond acceptors (Lipinski definition) is 5. The zero-order valence-corrected chi connectivity index (χ0v) is 19.7. The van der Waals surface area contributed by atoms with Gasteiger partial charge in [-0.1, -0.05) is 0 Å². The lowest BCUT2D eigenvalue weighted by Gasteiger charge is -2.58. The maximum atomic E-state index is 13.4. The number of primary amides is 1. The lowest BCUT2D eigenvalue weighted by molar-refractivity contribution is -0.145. The van der Waals surface area contributed by atoms with Crippen molar-refractivity contribution < 1.29 is 9.59 Å². The Morgan fingerprint density at radius 3 is 2.65 bits per heavy atom. The van der Waals surface area contributed by atoms with Crippen LogP contribution in [0.15, 0.2) is 18.2 Å². The number of aryl methyl sites for hydroxylation is 1. The Bertz CT molecular complexity index is 1240. The number of fused-ring (bicyclic) bond motifs is 1. The van der Waals surface area contributed by atoms with Crippen molar-refractivity contribution in [3.8, 4) is 6.07 Å². The molecule has 34 heavy (non-hydrogen) atoms. The predicted octanol–water partition coefficient (Wildman–Crippen LogP) is 2.70. The molecule has 3 N–H and O–H groups in total. The minimum absolute atomic E-state index is 0.0818. The molecular formula is C26H30N6O2. The van der Waals surface area contributed by atoms with Gasteiger partial charge in [-0.25, -0.2) is 0 Å². The number of hydrogen-bond donors (Lipinski definition) is 2. The van der Waals surface area contributed by atoms with Gasteiger partial charge in [0, 0.05) is 36.3 Å². The van der Waals surface area contributed by atoms with Crippen LogP contribution in [0.1, 0.15) is 59.3 Å². The van der Waals surface area contributed by atoms with Crippen LogP contribution in [-0.2, 0) is 18.3 Å². The van der Waals surface area contributed by atoms with Crippen molar-refractivity contribution in [3.05, 3.63) is 40.6 Å². The van der Waals surface area contributed by atoms with Crippen LogP contribution in [0.4, 0.5) is 11.5 Å². The number of carbonyl (C=O) groups is 2. The maximum absolute atomic E-state index is 13.4. The summed E-state index contributed by atoms with van der Waals surface area (Å²) in [6.07, 6.45) is 5.50. The standard InChI is InChI=1S/C26H30N6O2/c1-14-21(30-31(2)24(14)32-6-5-17-7-15(13-27)3-4-20(17)32)23(33)29-22-18-8-16-9-19(22)12-26(10-16,11-18)25(28)34/h3-4,7,16,18-19,22H,5-6,8-12H2,1-2H3,(H2,28,34)(H,29,33). The minimum atomic E-state index is -0.361. The molecule has 2 aromatic rings. The second-order valence-corrected chi connectivity index (χ2v) is 10.9. The molecule has 4 saturated carbocycles. The van der Waals surface area contributed by atoms with Crippen molar-refractivity contribution in [1.29, 1.82) is 5.26 Å². The molecule has 2 atom stereocenters. The highest BCUT2D eigenvalue weighted by Gasteiger charge is 2.58. The van der Waals surface area contributed by atoms with Gasteiger partial charge >= 0.3 is 0 Å². The molecule has 7 rings (SSSR count). The number of anilines is 2. The molecule has 0 radical (unpaired) electrons. The van der Waals surface area contributed by atoms with Gasteiger partial charge in [-0.2, -0.15) is 10.4 Å². The van der Waals surface area contributed by atoms with Crippen molar-refractivity contribution in [2.75, 3.05) is 11.4 Å². The van der Waals surface area contributed by atoms with E-state index in [0.29, 0.717) is 29.0 Å². The number of rotatable bonds is 4. The second-order valence-electron chi connectivity index (χ2n) is 10.9. The zero-order valence-electron chi connectivity index (χ0n) is 19.7. The van der Waals surface area contributed by atoms with E-state index in [2.05, 4.69) is 21.4 Å². The van der Waals surface area contributed by atoms with E-state index in [-0.39, 0.29) is 23.3 Å². The minimum Gasteiger partial charge on any atom is -0.369 e. The van der Waals surface area contributed by atoms with Gasteiger partial charge < -0.3 is 16.0 Å². The number of nitrogens with two attached hydrogens (primary N) is 1. The van der Waals surface area contributed by atoms with E-state index in [1.165, 1.54) is 0 Å². The normalized spacial score (nSPS) is 30.8. The third-order valence-electron chi connectivity index (χ3n) is 8.92. The van der Waals surface area contributed by atoms with E-state index in [9.17, 15) is 14.9 Å². The smallest absolute Gasteiger partial charge is 0.272 e. The molecule has 2 heterocycles. The summed E-state index contributed by atoms with van der Waals surface area (Å²) in [6, 6.07) is 8.05. The van der Waals surface area contributed by atoms with Crippen LogP contribution in [-0.4, -0.2) is 34.2 Å². The zero-order chi connectivity index (χ0) is 23.8. The lowest BCUT2D eigenvalue weighted by atomic mass is 9.47. The highest BCUT2D eigenvalue weighted by atomic mass is 16.2. The molecule has 1 aromatic carbocycles. The molecule has 4 bridgehead atoms. The van der Waals surface area contributed by atoms with Crippen molar-refractivity contribution in [3.63, 3.8) is 0 Å². The van der Waals surface area contributed by atoms with Crippen LogP contribution in [0, 0.1) is 41.4 Å². The first-order chi connectivity index (χ1) is 16.3. The highest BCUT2D eigenvalue weighted by Crippen LogP contribution is 2.60. The fourth-order valence-corrected chi connectivity index (χ4v) is 7.69. The monoisotopic (exact) mass is 458 g/mol. The number of carbonyl (C=O) groups excluding carboxylic acids is 2. The van der Waals surface area contributed by atoms with Crippen molar-refractivity contribution >= 4 is 23.3 Å². The Labute approximate surface area is 199 Å². The quantitative estimate of drug-likeness (QED) is 0.731. The van der Waals surface area contributed by atoms with Crippen molar-refractivity contribution in [2.45, 2.75) is 51.5 Å². The molecule has 2 unspecified atom stereocenters. The van der Waals surface area contributed by atoms with Gasteiger partial charge in [0.2, 0.25) is 5.91 Å². The van der Waals surface area contributed by atoms with E-state index in [4.69, 9.17) is 5.73 Å². The summed E-state index contributed by atoms with van der Waals surface area (Å²) in [5.74, 6) is 1.79. The molecule has 2 amide bonds. The largest absolute Gasteiger partial charge is 0.369 e. The summed E-state index contributed by atoms with van der Waals surface area (Å²) in [7, 11) is 1.88. The maximum Gasteiger partial charge on any atom is 0.272 e. The number of nitrogens with zero attached hydrogens (tertiary/aromatic N) is 4. The van der Waals surface area contributed by atoms with E-state index < -0.39 is 0 Å². The average Bonchev–Trinajstić information content (AvgIpc) is 3.34. The Hall–Kier alpha value is -3.34. The first-order valence-electron chi connectivity index (χ1n) is 12.2. The molecule has 8 heteroatoms. The summed E-state index contributed by atoms with van der Waals surface area (Å²) in [5, 5.41) is 17.2. The molecule has 176 valence electrons. The topological polar surface area (TPSA) is 117 Å². The Balaban J connectivity index is 1.25.